The second kappa shape index (κ2) is 27.2. The molecule has 0 atom stereocenters. The molecule has 2 aromatic heterocycles. The molecular formula is C40H54N2O2. The molecule has 1 N–H and O–H groups in total. The lowest BCUT2D eigenvalue weighted by Gasteiger charge is -2.06. The zero-order valence-corrected chi connectivity index (χ0v) is 27.5. The first-order chi connectivity index (χ1) is 21.1. The summed E-state index contributed by atoms with van der Waals surface area (Å²) in [6, 6.07) is 35.3. The number of benzene rings is 4. The minimum atomic E-state index is 0. The first kappa shape index (κ1) is 41.4. The van der Waals surface area contributed by atoms with Gasteiger partial charge in [-0.15, -0.1) is 0 Å². The Labute approximate surface area is 267 Å². The summed E-state index contributed by atoms with van der Waals surface area (Å²) >= 11 is 0. The van der Waals surface area contributed by atoms with Crippen LogP contribution < -0.4 is 4.74 Å². The van der Waals surface area contributed by atoms with E-state index >= 15 is 0 Å². The van der Waals surface area contributed by atoms with Gasteiger partial charge in [-0.05, 0) is 72.1 Å². The van der Waals surface area contributed by atoms with E-state index < -0.39 is 0 Å². The Balaban J connectivity index is 0. The van der Waals surface area contributed by atoms with Crippen molar-refractivity contribution in [2.24, 2.45) is 0 Å². The molecule has 0 aliphatic rings. The zero-order chi connectivity index (χ0) is 32.3. The minimum absolute atomic E-state index is 0. The lowest BCUT2D eigenvalue weighted by atomic mass is 10.1. The maximum absolute atomic E-state index is 9.50. The number of fused-ring (bicyclic) bond motifs is 2. The van der Waals surface area contributed by atoms with Gasteiger partial charge >= 0.3 is 0 Å². The highest BCUT2D eigenvalue weighted by molar-refractivity contribution is 5.91. The van der Waals surface area contributed by atoms with Gasteiger partial charge in [0.1, 0.15) is 11.5 Å². The number of aromatic hydroxyl groups is 1. The van der Waals surface area contributed by atoms with E-state index in [4.69, 9.17) is 4.74 Å². The maximum atomic E-state index is 9.50. The quantitative estimate of drug-likeness (QED) is 0.206. The van der Waals surface area contributed by atoms with Gasteiger partial charge in [0, 0.05) is 35.6 Å². The second-order valence-corrected chi connectivity index (χ2v) is 8.13. The van der Waals surface area contributed by atoms with Crippen LogP contribution in [0.15, 0.2) is 134 Å². The molecule has 4 heteroatoms. The fraction of sp³-hybridized carbons (Fsp3) is 0.250. The Kier molecular flexibility index (Phi) is 25.6. The number of nitrogens with zero attached hydrogens (tertiary/aromatic N) is 2. The van der Waals surface area contributed by atoms with Gasteiger partial charge in [0.2, 0.25) is 0 Å². The van der Waals surface area contributed by atoms with E-state index in [-0.39, 0.29) is 7.43 Å². The molecule has 0 spiro atoms. The van der Waals surface area contributed by atoms with Crippen molar-refractivity contribution in [3.63, 3.8) is 0 Å². The van der Waals surface area contributed by atoms with E-state index in [1.807, 2.05) is 127 Å². The number of pyridine rings is 2. The largest absolute Gasteiger partial charge is 0.507 e. The average Bonchev–Trinajstić information content (AvgIpc) is 3.12. The van der Waals surface area contributed by atoms with Crippen molar-refractivity contribution in [1.82, 2.24) is 9.97 Å². The summed E-state index contributed by atoms with van der Waals surface area (Å²) in [5.74, 6) is 1.30. The predicted octanol–water partition coefficient (Wildman–Crippen LogP) is 11.9. The van der Waals surface area contributed by atoms with Gasteiger partial charge in [-0.1, -0.05) is 122 Å². The van der Waals surface area contributed by atoms with E-state index in [0.29, 0.717) is 5.75 Å². The molecule has 44 heavy (non-hydrogen) atoms. The molecule has 6 rings (SSSR count). The summed E-state index contributed by atoms with van der Waals surface area (Å²) in [6.45, 7) is 16.2. The number of hydrogen-bond donors (Lipinski definition) is 1. The summed E-state index contributed by atoms with van der Waals surface area (Å²) in [7, 11) is 1.71. The second-order valence-electron chi connectivity index (χ2n) is 8.13. The molecule has 0 saturated heterocycles. The molecule has 0 aliphatic carbocycles. The van der Waals surface area contributed by atoms with Crippen LogP contribution >= 0.6 is 0 Å². The fourth-order valence-electron chi connectivity index (χ4n) is 3.66. The minimum Gasteiger partial charge on any atom is -0.507 e. The van der Waals surface area contributed by atoms with Gasteiger partial charge in [-0.3, -0.25) is 9.97 Å². The fourth-order valence-corrected chi connectivity index (χ4v) is 3.66. The van der Waals surface area contributed by atoms with E-state index in [9.17, 15) is 5.11 Å². The summed E-state index contributed by atoms with van der Waals surface area (Å²) in [4.78, 5) is 7.57. The van der Waals surface area contributed by atoms with Crippen LogP contribution in [0.4, 0.5) is 0 Å². The van der Waals surface area contributed by atoms with Gasteiger partial charge in [-0.25, -0.2) is 0 Å². The van der Waals surface area contributed by atoms with Gasteiger partial charge in [0.05, 0.1) is 7.11 Å². The van der Waals surface area contributed by atoms with Crippen LogP contribution in [0.25, 0.3) is 21.5 Å². The number of hydrogen-bond acceptors (Lipinski definition) is 4. The molecule has 0 aliphatic heterocycles. The summed E-state index contributed by atoms with van der Waals surface area (Å²) < 4.78 is 5.28. The van der Waals surface area contributed by atoms with Crippen molar-refractivity contribution in [3.05, 3.63) is 145 Å². The van der Waals surface area contributed by atoms with Crippen LogP contribution in [0.1, 0.15) is 60.1 Å². The number of methoxy groups -OCH3 is 1. The van der Waals surface area contributed by atoms with Gasteiger partial charge in [-0.2, -0.15) is 0 Å². The molecule has 0 saturated carbocycles. The molecule has 2 heterocycles. The Bertz CT molecular complexity index is 1360. The highest BCUT2D eigenvalue weighted by Crippen LogP contribution is 2.28. The number of aromatic nitrogens is 2. The zero-order valence-electron chi connectivity index (χ0n) is 27.5. The van der Waals surface area contributed by atoms with Gasteiger partial charge in [0.25, 0.3) is 0 Å². The van der Waals surface area contributed by atoms with E-state index in [1.54, 1.807) is 38.0 Å². The third kappa shape index (κ3) is 15.0. The smallest absolute Gasteiger partial charge is 0.126 e. The number of phenols is 1. The topological polar surface area (TPSA) is 55.2 Å². The molecule has 6 aromatic rings. The first-order valence-corrected chi connectivity index (χ1v) is 15.0. The molecule has 0 bridgehead atoms. The average molecular weight is 595 g/mol. The molecule has 4 nitrogen and oxygen atoms in total. The van der Waals surface area contributed by atoms with Crippen molar-refractivity contribution < 1.29 is 9.84 Å². The standard InChI is InChI=1S/C12H12O.C11H10O.2C5H5N.3C2H6.CH4/c1-9-7-8-12(13-2)11-6-4-3-5-10(9)11;1-8-6-7-11(12)10-5-3-2-4-9(8)10;2*1-2-4-6-5-3-1;3*1-2;/h3-8H,1-2H3;2-7,12H,1H3;2*1-5H;3*1-2H3;1H4. The summed E-state index contributed by atoms with van der Waals surface area (Å²) in [6.07, 6.45) is 7.00. The van der Waals surface area contributed by atoms with Crippen molar-refractivity contribution in [3.8, 4) is 11.5 Å². The Hall–Kier alpha value is -4.70. The summed E-state index contributed by atoms with van der Waals surface area (Å²) in [5.41, 5.74) is 2.49. The third-order valence-electron chi connectivity index (χ3n) is 5.57. The highest BCUT2D eigenvalue weighted by atomic mass is 16.5. The Morgan fingerprint density at radius 3 is 1.16 bits per heavy atom. The molecule has 0 unspecified atom stereocenters. The number of aryl methyl sites for hydroxylation is 2. The van der Waals surface area contributed by atoms with Crippen LogP contribution in [0.3, 0.4) is 0 Å². The first-order valence-electron chi connectivity index (χ1n) is 15.0. The van der Waals surface area contributed by atoms with E-state index in [2.05, 4.69) is 41.2 Å². The molecule has 4 aromatic carbocycles. The van der Waals surface area contributed by atoms with Crippen molar-refractivity contribution in [2.45, 2.75) is 62.8 Å². The van der Waals surface area contributed by atoms with E-state index in [0.717, 1.165) is 16.5 Å². The van der Waals surface area contributed by atoms with Crippen LogP contribution in [-0.4, -0.2) is 22.2 Å². The third-order valence-corrected chi connectivity index (χ3v) is 5.57. The van der Waals surface area contributed by atoms with E-state index in [1.165, 1.54) is 21.9 Å². The molecular weight excluding hydrogens is 540 g/mol. The van der Waals surface area contributed by atoms with Crippen molar-refractivity contribution >= 4 is 21.5 Å². The molecule has 0 fully saturated rings. The molecule has 236 valence electrons. The van der Waals surface area contributed by atoms with Crippen LogP contribution in [-0.2, 0) is 0 Å². The Morgan fingerprint density at radius 2 is 0.818 bits per heavy atom. The lowest BCUT2D eigenvalue weighted by molar-refractivity contribution is 0.420. The highest BCUT2D eigenvalue weighted by Gasteiger charge is 2.01. The van der Waals surface area contributed by atoms with Gasteiger partial charge in [0.15, 0.2) is 0 Å². The SMILES string of the molecule is C.CC.CC.CC.COc1ccc(C)c2ccccc12.Cc1ccc(O)c2ccccc12.c1ccncc1.c1ccncc1. The van der Waals surface area contributed by atoms with Gasteiger partial charge < -0.3 is 9.84 Å². The lowest BCUT2D eigenvalue weighted by Crippen LogP contribution is -1.86. The monoisotopic (exact) mass is 594 g/mol. The summed E-state index contributed by atoms with van der Waals surface area (Å²) in [5, 5.41) is 14.0. The number of rotatable bonds is 1. The predicted molar refractivity (Wildman–Crippen MR) is 195 cm³/mol. The van der Waals surface area contributed by atoms with Crippen LogP contribution in [0, 0.1) is 13.8 Å². The normalized spacial score (nSPS) is 8.48. The maximum Gasteiger partial charge on any atom is 0.126 e. The molecule has 0 radical (unpaired) electrons. The number of phenolic OH excluding ortho intramolecular Hbond substituents is 1. The van der Waals surface area contributed by atoms with Crippen LogP contribution in [0.5, 0.6) is 11.5 Å². The number of ether oxygens (including phenoxy) is 1. The Morgan fingerprint density at radius 1 is 0.455 bits per heavy atom. The van der Waals surface area contributed by atoms with Crippen LogP contribution in [0.2, 0.25) is 0 Å². The molecule has 0 amide bonds. The van der Waals surface area contributed by atoms with Crippen molar-refractivity contribution in [2.75, 3.05) is 7.11 Å². The van der Waals surface area contributed by atoms with Crippen molar-refractivity contribution in [1.29, 1.82) is 0 Å².